The van der Waals surface area contributed by atoms with E-state index in [0.29, 0.717) is 17.2 Å². The molecule has 1 aromatic carbocycles. The summed E-state index contributed by atoms with van der Waals surface area (Å²) in [6.45, 7) is 0.0362. The molecule has 1 amide bonds. The maximum Gasteiger partial charge on any atom is 0.282 e. The van der Waals surface area contributed by atoms with Gasteiger partial charge in [-0.05, 0) is 12.1 Å². The second-order valence-electron chi connectivity index (χ2n) is 6.16. The van der Waals surface area contributed by atoms with E-state index in [1.807, 2.05) is 30.3 Å². The molecular formula is C20H27N7O4. The summed E-state index contributed by atoms with van der Waals surface area (Å²) >= 11 is 0. The minimum atomic E-state index is -1.03. The molecule has 0 aliphatic rings. The van der Waals surface area contributed by atoms with Gasteiger partial charge in [0.05, 0.1) is 5.69 Å². The van der Waals surface area contributed by atoms with Crippen LogP contribution in [0.2, 0.25) is 0 Å². The average molecular weight is 429 g/mol. The van der Waals surface area contributed by atoms with Crippen LogP contribution in [-0.2, 0) is 25.7 Å². The lowest BCUT2D eigenvalue weighted by Crippen LogP contribution is -2.48. The Kier molecular flexibility index (Phi) is 9.52. The first-order valence-corrected chi connectivity index (χ1v) is 9.33. The number of amidine groups is 1. The number of methoxy groups -OCH3 is 2. The Morgan fingerprint density at radius 1 is 1.16 bits per heavy atom. The number of rotatable bonds is 11. The summed E-state index contributed by atoms with van der Waals surface area (Å²) in [4.78, 5) is 21.8. The van der Waals surface area contributed by atoms with Crippen LogP contribution in [0, 0.1) is 5.41 Å². The highest BCUT2D eigenvalue weighted by atomic mass is 16.7. The highest BCUT2D eigenvalue weighted by Crippen LogP contribution is 2.09. The van der Waals surface area contributed by atoms with Crippen LogP contribution in [0.25, 0.3) is 0 Å². The van der Waals surface area contributed by atoms with E-state index in [-0.39, 0.29) is 12.4 Å². The average Bonchev–Trinajstić information content (AvgIpc) is 2.78. The number of anilines is 1. The first-order chi connectivity index (χ1) is 15.0. The summed E-state index contributed by atoms with van der Waals surface area (Å²) < 4.78 is 9.84. The van der Waals surface area contributed by atoms with Gasteiger partial charge in [0.15, 0.2) is 18.2 Å². The molecule has 2 rings (SSSR count). The molecule has 0 saturated heterocycles. The minimum Gasteiger partial charge on any atom is -0.389 e. The number of oxime groups is 1. The molecule has 0 aliphatic heterocycles. The van der Waals surface area contributed by atoms with E-state index in [1.54, 1.807) is 32.3 Å². The van der Waals surface area contributed by atoms with Crippen LogP contribution in [0.3, 0.4) is 0 Å². The summed E-state index contributed by atoms with van der Waals surface area (Å²) in [5.41, 5.74) is 7.14. The molecule has 0 radical (unpaired) electrons. The lowest BCUT2D eigenvalue weighted by molar-refractivity contribution is -0.153. The van der Waals surface area contributed by atoms with Crippen molar-refractivity contribution in [2.75, 3.05) is 33.6 Å². The van der Waals surface area contributed by atoms with Crippen molar-refractivity contribution in [2.45, 2.75) is 12.9 Å². The lowest BCUT2D eigenvalue weighted by Gasteiger charge is -2.21. The van der Waals surface area contributed by atoms with E-state index in [9.17, 15) is 4.79 Å². The predicted molar refractivity (Wildman–Crippen MR) is 116 cm³/mol. The number of amides is 1. The second kappa shape index (κ2) is 12.3. The molecule has 0 saturated carbocycles. The summed E-state index contributed by atoms with van der Waals surface area (Å²) in [5, 5.41) is 16.6. The summed E-state index contributed by atoms with van der Waals surface area (Å²) in [6.07, 6.45) is -1.03. The fraction of sp³-hybridized carbons (Fsp3) is 0.300. The standard InChI is InChI=1S/C20H27N7O4/c1-22-26-27(2)18(21)17(14-9-6-5-7-10-14)25-31-13-15-11-8-12-16(23-15)24-19(28)20(29-3)30-4/h5-12,20-22,26H,13H2,1-4H3,(H,23,24,28)/b21-18?,25-17-. The Morgan fingerprint density at radius 3 is 2.52 bits per heavy atom. The van der Waals surface area contributed by atoms with Crippen molar-refractivity contribution in [2.24, 2.45) is 5.16 Å². The smallest absolute Gasteiger partial charge is 0.282 e. The number of pyridine rings is 1. The number of benzene rings is 1. The number of carbonyl (C=O) groups is 1. The molecule has 1 heterocycles. The SMILES string of the molecule is CNNN(C)C(=N)/C(=N\OCc1cccc(NC(=O)C(OC)OC)n1)c1ccccc1. The zero-order valence-electron chi connectivity index (χ0n) is 17.9. The zero-order chi connectivity index (χ0) is 22.6. The van der Waals surface area contributed by atoms with Gasteiger partial charge in [-0.25, -0.2) is 10.4 Å². The number of hydrazine groups is 2. The quantitative estimate of drug-likeness (QED) is 0.181. The van der Waals surface area contributed by atoms with Gasteiger partial charge < -0.3 is 19.6 Å². The molecule has 0 aliphatic carbocycles. The maximum absolute atomic E-state index is 12.0. The number of hydrogen-bond acceptors (Lipinski definition) is 9. The number of hydrogen-bond donors (Lipinski definition) is 4. The van der Waals surface area contributed by atoms with E-state index < -0.39 is 12.2 Å². The van der Waals surface area contributed by atoms with Crippen LogP contribution in [0.5, 0.6) is 0 Å². The van der Waals surface area contributed by atoms with Gasteiger partial charge in [0, 0.05) is 33.9 Å². The van der Waals surface area contributed by atoms with E-state index in [1.165, 1.54) is 19.2 Å². The number of nitrogens with zero attached hydrogens (tertiary/aromatic N) is 3. The highest BCUT2D eigenvalue weighted by molar-refractivity contribution is 6.46. The first kappa shape index (κ1) is 23.9. The number of aromatic nitrogens is 1. The molecule has 0 atom stereocenters. The number of likely N-dealkylation sites (N-methyl/N-ethyl adjacent to an activating group) is 1. The molecule has 0 unspecified atom stereocenters. The third-order valence-electron chi connectivity index (χ3n) is 3.95. The van der Waals surface area contributed by atoms with Crippen molar-refractivity contribution in [3.05, 3.63) is 59.8 Å². The largest absolute Gasteiger partial charge is 0.389 e. The molecule has 0 spiro atoms. The molecule has 4 N–H and O–H groups in total. The van der Waals surface area contributed by atoms with E-state index in [2.05, 4.69) is 26.4 Å². The third kappa shape index (κ3) is 7.12. The second-order valence-corrected chi connectivity index (χ2v) is 6.16. The van der Waals surface area contributed by atoms with E-state index in [0.717, 1.165) is 5.56 Å². The maximum atomic E-state index is 12.0. The van der Waals surface area contributed by atoms with Gasteiger partial charge in [-0.15, -0.1) is 0 Å². The molecule has 31 heavy (non-hydrogen) atoms. The number of nitrogens with one attached hydrogen (secondary N) is 4. The van der Waals surface area contributed by atoms with Crippen LogP contribution in [0.15, 0.2) is 53.7 Å². The van der Waals surface area contributed by atoms with Gasteiger partial charge in [0.25, 0.3) is 5.91 Å². The topological polar surface area (TPSA) is 133 Å². The highest BCUT2D eigenvalue weighted by Gasteiger charge is 2.18. The minimum absolute atomic E-state index is 0.0362. The fourth-order valence-electron chi connectivity index (χ4n) is 2.50. The van der Waals surface area contributed by atoms with Crippen molar-refractivity contribution >= 4 is 23.3 Å². The molecule has 1 aromatic heterocycles. The zero-order valence-corrected chi connectivity index (χ0v) is 17.9. The van der Waals surface area contributed by atoms with Crippen LogP contribution in [-0.4, -0.2) is 62.1 Å². The Hall–Kier alpha value is -3.38. The lowest BCUT2D eigenvalue weighted by atomic mass is 10.1. The van der Waals surface area contributed by atoms with Gasteiger partial charge in [-0.3, -0.25) is 15.2 Å². The van der Waals surface area contributed by atoms with Crippen LogP contribution in [0.4, 0.5) is 5.82 Å². The van der Waals surface area contributed by atoms with Crippen molar-refractivity contribution in [1.82, 2.24) is 21.0 Å². The van der Waals surface area contributed by atoms with Crippen LogP contribution in [0.1, 0.15) is 11.3 Å². The van der Waals surface area contributed by atoms with Gasteiger partial charge in [0.2, 0.25) is 6.29 Å². The van der Waals surface area contributed by atoms with Gasteiger partial charge >= 0.3 is 0 Å². The van der Waals surface area contributed by atoms with Crippen molar-refractivity contribution < 1.29 is 19.1 Å². The first-order valence-electron chi connectivity index (χ1n) is 9.33. The van der Waals surface area contributed by atoms with Crippen LogP contribution >= 0.6 is 0 Å². The molecule has 166 valence electrons. The van der Waals surface area contributed by atoms with Crippen LogP contribution < -0.4 is 16.3 Å². The number of carbonyl (C=O) groups excluding carboxylic acids is 1. The van der Waals surface area contributed by atoms with Gasteiger partial charge in [-0.2, -0.15) is 5.53 Å². The monoisotopic (exact) mass is 429 g/mol. The molecule has 11 nitrogen and oxygen atoms in total. The Morgan fingerprint density at radius 2 is 1.87 bits per heavy atom. The molecule has 0 bridgehead atoms. The summed E-state index contributed by atoms with van der Waals surface area (Å²) in [5.74, 6) is -0.0590. The summed E-state index contributed by atoms with van der Waals surface area (Å²) in [7, 11) is 6.11. The van der Waals surface area contributed by atoms with Gasteiger partial charge in [-0.1, -0.05) is 41.6 Å². The Bertz CT molecular complexity index is 888. The Labute approximate surface area is 180 Å². The number of ether oxygens (including phenoxy) is 2. The molecule has 0 fully saturated rings. The van der Waals surface area contributed by atoms with E-state index in [4.69, 9.17) is 19.7 Å². The molecular weight excluding hydrogens is 402 g/mol. The van der Waals surface area contributed by atoms with Crippen molar-refractivity contribution in [3.63, 3.8) is 0 Å². The fourth-order valence-corrected chi connectivity index (χ4v) is 2.50. The molecule has 2 aromatic rings. The van der Waals surface area contributed by atoms with Gasteiger partial charge in [0.1, 0.15) is 5.82 Å². The Balaban J connectivity index is 2.12. The third-order valence-corrected chi connectivity index (χ3v) is 3.95. The predicted octanol–water partition coefficient (Wildman–Crippen LogP) is 1.11. The molecule has 11 heteroatoms. The van der Waals surface area contributed by atoms with Crippen molar-refractivity contribution in [1.29, 1.82) is 5.41 Å². The summed E-state index contributed by atoms with van der Waals surface area (Å²) in [6, 6.07) is 14.3. The van der Waals surface area contributed by atoms with E-state index >= 15 is 0 Å². The van der Waals surface area contributed by atoms with Crippen molar-refractivity contribution in [3.8, 4) is 0 Å². The normalized spacial score (nSPS) is 11.3.